The zero-order valence-electron chi connectivity index (χ0n) is 19.2. The third-order valence-electron chi connectivity index (χ3n) is 4.67. The molecule has 0 aliphatic heterocycles. The predicted molar refractivity (Wildman–Crippen MR) is 118 cm³/mol. The van der Waals surface area contributed by atoms with E-state index in [4.69, 9.17) is 4.74 Å². The lowest BCUT2D eigenvalue weighted by Crippen LogP contribution is -2.29. The maximum absolute atomic E-state index is 13.3. The van der Waals surface area contributed by atoms with Crippen LogP contribution in [-0.4, -0.2) is 26.7 Å². The molecule has 29 heavy (non-hydrogen) atoms. The van der Waals surface area contributed by atoms with Gasteiger partial charge in [-0.25, -0.2) is 4.79 Å². The molecule has 1 aromatic rings. The van der Waals surface area contributed by atoms with Crippen LogP contribution in [0.25, 0.3) is 0 Å². The van der Waals surface area contributed by atoms with Crippen LogP contribution in [0.2, 0.25) is 0 Å². The summed E-state index contributed by atoms with van der Waals surface area (Å²) in [5.74, 6) is -0.598. The van der Waals surface area contributed by atoms with E-state index in [9.17, 15) is 13.2 Å². The van der Waals surface area contributed by atoms with Crippen molar-refractivity contribution in [3.63, 3.8) is 0 Å². The van der Waals surface area contributed by atoms with E-state index >= 15 is 0 Å². The van der Waals surface area contributed by atoms with Crippen LogP contribution in [-0.2, 0) is 19.6 Å². The number of nitrogens with zero attached hydrogens (tertiary/aromatic N) is 1. The highest BCUT2D eigenvalue weighted by atomic mass is 32.2. The Morgan fingerprint density at radius 1 is 0.966 bits per heavy atom. The number of carbonyl (C=O) groups excluding carboxylic acids is 1. The molecule has 0 aliphatic carbocycles. The molecule has 0 spiro atoms. The van der Waals surface area contributed by atoms with Crippen LogP contribution in [0.5, 0.6) is 0 Å². The number of hydrazone groups is 1. The van der Waals surface area contributed by atoms with Crippen LogP contribution in [0.1, 0.15) is 96.8 Å². The summed E-state index contributed by atoms with van der Waals surface area (Å²) >= 11 is 0. The summed E-state index contributed by atoms with van der Waals surface area (Å²) < 4.78 is 31.6. The first-order valence-corrected chi connectivity index (χ1v) is 11.8. The van der Waals surface area contributed by atoms with Crippen molar-refractivity contribution in [2.75, 3.05) is 6.61 Å². The summed E-state index contributed by atoms with van der Waals surface area (Å²) in [6, 6.07) is 3.93. The summed E-state index contributed by atoms with van der Waals surface area (Å²) in [6.07, 6.45) is 0. The van der Waals surface area contributed by atoms with Crippen molar-refractivity contribution in [1.29, 1.82) is 0 Å². The van der Waals surface area contributed by atoms with Gasteiger partial charge in [0.15, 0.2) is 0 Å². The topological polar surface area (TPSA) is 84.8 Å². The van der Waals surface area contributed by atoms with Crippen LogP contribution in [0.15, 0.2) is 22.1 Å². The normalized spacial score (nSPS) is 12.9. The van der Waals surface area contributed by atoms with Crippen LogP contribution < -0.4 is 4.83 Å². The average molecular weight is 425 g/mol. The fraction of sp³-hybridized carbons (Fsp3) is 0.636. The quantitative estimate of drug-likeness (QED) is 0.347. The van der Waals surface area contributed by atoms with Crippen LogP contribution in [0.4, 0.5) is 0 Å². The molecule has 1 aromatic carbocycles. The van der Waals surface area contributed by atoms with Gasteiger partial charge in [0, 0.05) is 5.92 Å². The van der Waals surface area contributed by atoms with Gasteiger partial charge in [0.1, 0.15) is 5.71 Å². The van der Waals surface area contributed by atoms with E-state index in [1.54, 1.807) is 20.8 Å². The lowest BCUT2D eigenvalue weighted by molar-refractivity contribution is -0.135. The molecule has 0 saturated carbocycles. The highest BCUT2D eigenvalue weighted by Gasteiger charge is 2.27. The fourth-order valence-corrected chi connectivity index (χ4v) is 4.49. The third-order valence-corrected chi connectivity index (χ3v) is 6.01. The van der Waals surface area contributed by atoms with Gasteiger partial charge in [0.05, 0.1) is 11.5 Å². The Morgan fingerprint density at radius 2 is 1.45 bits per heavy atom. The van der Waals surface area contributed by atoms with E-state index < -0.39 is 16.0 Å². The third kappa shape index (κ3) is 6.29. The van der Waals surface area contributed by atoms with Crippen molar-refractivity contribution in [2.24, 2.45) is 11.0 Å². The van der Waals surface area contributed by atoms with Crippen molar-refractivity contribution in [3.8, 4) is 0 Å². The highest BCUT2D eigenvalue weighted by molar-refractivity contribution is 7.89. The van der Waals surface area contributed by atoms with Gasteiger partial charge in [-0.05, 0) is 41.4 Å². The Bertz CT molecular complexity index is 825. The minimum absolute atomic E-state index is 0.0105. The molecule has 6 nitrogen and oxygen atoms in total. The van der Waals surface area contributed by atoms with Gasteiger partial charge in [0.25, 0.3) is 10.0 Å². The second-order valence-corrected chi connectivity index (χ2v) is 10.1. The predicted octanol–water partition coefficient (Wildman–Crippen LogP) is 4.91. The molecule has 0 unspecified atom stereocenters. The zero-order chi connectivity index (χ0) is 22.5. The van der Waals surface area contributed by atoms with Crippen molar-refractivity contribution in [3.05, 3.63) is 28.8 Å². The molecule has 0 fully saturated rings. The second-order valence-electron chi connectivity index (χ2n) is 8.46. The molecule has 0 saturated heterocycles. The van der Waals surface area contributed by atoms with E-state index in [2.05, 4.69) is 23.8 Å². The summed E-state index contributed by atoms with van der Waals surface area (Å²) in [5, 5.41) is 3.95. The first-order chi connectivity index (χ1) is 13.3. The van der Waals surface area contributed by atoms with E-state index in [1.165, 1.54) is 0 Å². The number of benzene rings is 1. The van der Waals surface area contributed by atoms with Crippen molar-refractivity contribution in [2.45, 2.75) is 85.0 Å². The van der Waals surface area contributed by atoms with E-state index in [0.717, 1.165) is 16.7 Å². The number of ether oxygens (including phenoxy) is 1. The van der Waals surface area contributed by atoms with Crippen LogP contribution in [0, 0.1) is 5.92 Å². The van der Waals surface area contributed by atoms with Crippen molar-refractivity contribution in [1.82, 2.24) is 4.83 Å². The first kappa shape index (κ1) is 25.1. The average Bonchev–Trinajstić information content (AvgIpc) is 2.60. The summed E-state index contributed by atoms with van der Waals surface area (Å²) in [7, 11) is -3.98. The fourth-order valence-electron chi connectivity index (χ4n) is 2.97. The molecule has 1 rings (SSSR count). The Balaban J connectivity index is 3.61. The van der Waals surface area contributed by atoms with Gasteiger partial charge in [-0.3, -0.25) is 0 Å². The second kappa shape index (κ2) is 10.2. The Kier molecular flexibility index (Phi) is 8.87. The standard InChI is InChI=1S/C22H36N2O4S/c1-10-28-22(25)20(16(8)9)23-24-29(26,27)21-18(14(4)5)11-17(13(2)3)12-19(21)15(6)7/h11-16,24H,10H2,1-9H3/b23-20-. The zero-order valence-corrected chi connectivity index (χ0v) is 20.0. The Morgan fingerprint density at radius 3 is 1.79 bits per heavy atom. The molecule has 164 valence electrons. The van der Waals surface area contributed by atoms with E-state index in [0.29, 0.717) is 0 Å². The Labute approximate surface area is 176 Å². The van der Waals surface area contributed by atoms with Gasteiger partial charge in [-0.2, -0.15) is 18.4 Å². The molecule has 0 aliphatic rings. The number of hydrogen-bond acceptors (Lipinski definition) is 5. The molecule has 0 aromatic heterocycles. The van der Waals surface area contributed by atoms with Gasteiger partial charge in [-0.15, -0.1) is 0 Å². The molecular formula is C22H36N2O4S. The van der Waals surface area contributed by atoms with Crippen LogP contribution >= 0.6 is 0 Å². The first-order valence-electron chi connectivity index (χ1n) is 10.3. The van der Waals surface area contributed by atoms with Gasteiger partial charge >= 0.3 is 5.97 Å². The molecular weight excluding hydrogens is 388 g/mol. The number of rotatable bonds is 9. The minimum atomic E-state index is -3.98. The monoisotopic (exact) mass is 424 g/mol. The number of esters is 1. The molecule has 1 N–H and O–H groups in total. The summed E-state index contributed by atoms with van der Waals surface area (Å²) in [6.45, 7) is 17.5. The number of carbonyl (C=O) groups is 1. The van der Waals surface area contributed by atoms with Crippen molar-refractivity contribution >= 4 is 21.7 Å². The largest absolute Gasteiger partial charge is 0.461 e. The smallest absolute Gasteiger partial charge is 0.354 e. The molecule has 0 amide bonds. The van der Waals surface area contributed by atoms with Gasteiger partial charge < -0.3 is 4.74 Å². The molecule has 7 heteroatoms. The highest BCUT2D eigenvalue weighted by Crippen LogP contribution is 2.35. The van der Waals surface area contributed by atoms with Gasteiger partial charge in [-0.1, -0.05) is 67.5 Å². The molecule has 0 radical (unpaired) electrons. The maximum Gasteiger partial charge on any atom is 0.354 e. The van der Waals surface area contributed by atoms with E-state index in [1.807, 2.05) is 39.8 Å². The number of nitrogens with one attached hydrogen (secondary N) is 1. The SMILES string of the molecule is CCOC(=O)/C(=N\NS(=O)(=O)c1c(C(C)C)cc(C(C)C)cc1C(C)C)C(C)C. The number of sulfonamides is 1. The van der Waals surface area contributed by atoms with E-state index in [-0.39, 0.29) is 40.9 Å². The summed E-state index contributed by atoms with van der Waals surface area (Å²) in [5.41, 5.74) is 2.66. The van der Waals surface area contributed by atoms with Gasteiger partial charge in [0.2, 0.25) is 0 Å². The maximum atomic E-state index is 13.3. The molecule has 0 atom stereocenters. The Hall–Kier alpha value is -1.89. The van der Waals surface area contributed by atoms with Crippen LogP contribution in [0.3, 0.4) is 0 Å². The lowest BCUT2D eigenvalue weighted by atomic mass is 9.89. The number of hydrogen-bond donors (Lipinski definition) is 1. The summed E-state index contributed by atoms with van der Waals surface area (Å²) in [4.78, 5) is 14.7. The molecule has 0 heterocycles. The lowest BCUT2D eigenvalue weighted by Gasteiger charge is -2.22. The minimum Gasteiger partial charge on any atom is -0.461 e. The van der Waals surface area contributed by atoms with Crippen molar-refractivity contribution < 1.29 is 17.9 Å². The molecule has 0 bridgehead atoms.